The number of hydrogen-bond donors (Lipinski definition) is 3. The van der Waals surface area contributed by atoms with E-state index in [2.05, 4.69) is 5.32 Å². The van der Waals surface area contributed by atoms with Gasteiger partial charge in [0.1, 0.15) is 12.2 Å². The first-order valence-electron chi connectivity index (χ1n) is 10.2. The summed E-state index contributed by atoms with van der Waals surface area (Å²) >= 11 is 6.47. The van der Waals surface area contributed by atoms with Crippen molar-refractivity contribution in [2.45, 2.75) is 64.7 Å². The number of pyridine rings is 1. The molecule has 0 spiro atoms. The van der Waals surface area contributed by atoms with Crippen molar-refractivity contribution in [3.63, 3.8) is 0 Å². The Labute approximate surface area is 181 Å². The standard InChI is InChI=1S/C23H27ClN2O4/c1-13-10-18(26-20(28)12-21(29)30)22(24)14(2)17(13)11-16-8-9-19(27)23(25-16)15-6-4-3-5-7-15/h8-10,15,27H,3-7,11-12H2,1-2H3,(H,26,28)(H,29,30). The molecule has 3 rings (SSSR count). The average Bonchev–Trinajstić information content (AvgIpc) is 2.70. The smallest absolute Gasteiger partial charge is 0.312 e. The van der Waals surface area contributed by atoms with Gasteiger partial charge in [-0.05, 0) is 61.6 Å². The van der Waals surface area contributed by atoms with Crippen molar-refractivity contribution < 1.29 is 19.8 Å². The zero-order valence-corrected chi connectivity index (χ0v) is 18.1. The van der Waals surface area contributed by atoms with Gasteiger partial charge in [-0.25, -0.2) is 0 Å². The number of rotatable bonds is 6. The molecule has 3 N–H and O–H groups in total. The SMILES string of the molecule is Cc1cc(NC(=O)CC(=O)O)c(Cl)c(C)c1Cc1ccc(O)c(C2CCCCC2)n1. The van der Waals surface area contributed by atoms with Crippen LogP contribution >= 0.6 is 11.6 Å². The lowest BCUT2D eigenvalue weighted by atomic mass is 9.86. The fraction of sp³-hybridized carbons (Fsp3) is 0.435. The Balaban J connectivity index is 1.85. The minimum Gasteiger partial charge on any atom is -0.506 e. The van der Waals surface area contributed by atoms with Crippen LogP contribution < -0.4 is 5.32 Å². The van der Waals surface area contributed by atoms with Gasteiger partial charge >= 0.3 is 5.97 Å². The minimum atomic E-state index is -1.19. The van der Waals surface area contributed by atoms with Gasteiger partial charge in [-0.3, -0.25) is 14.6 Å². The highest BCUT2D eigenvalue weighted by atomic mass is 35.5. The lowest BCUT2D eigenvalue weighted by Gasteiger charge is -2.22. The summed E-state index contributed by atoms with van der Waals surface area (Å²) in [7, 11) is 0. The van der Waals surface area contributed by atoms with Crippen molar-refractivity contribution in [1.82, 2.24) is 4.98 Å². The van der Waals surface area contributed by atoms with Gasteiger partial charge in [-0.2, -0.15) is 0 Å². The highest BCUT2D eigenvalue weighted by molar-refractivity contribution is 6.34. The van der Waals surface area contributed by atoms with Gasteiger partial charge in [0.15, 0.2) is 0 Å². The second-order valence-corrected chi connectivity index (χ2v) is 8.37. The number of aliphatic carboxylic acids is 1. The fourth-order valence-electron chi connectivity index (χ4n) is 4.16. The van der Waals surface area contributed by atoms with E-state index in [0.29, 0.717) is 23.0 Å². The van der Waals surface area contributed by atoms with Crippen LogP contribution in [0.15, 0.2) is 18.2 Å². The van der Waals surface area contributed by atoms with Crippen LogP contribution in [0.2, 0.25) is 5.02 Å². The summed E-state index contributed by atoms with van der Waals surface area (Å²) in [5.74, 6) is -1.25. The highest BCUT2D eigenvalue weighted by Crippen LogP contribution is 2.37. The van der Waals surface area contributed by atoms with E-state index in [0.717, 1.165) is 40.9 Å². The fourth-order valence-corrected chi connectivity index (χ4v) is 4.37. The van der Waals surface area contributed by atoms with Gasteiger partial charge in [0, 0.05) is 18.0 Å². The molecule has 0 radical (unpaired) electrons. The first-order chi connectivity index (χ1) is 14.3. The molecule has 1 heterocycles. The van der Waals surface area contributed by atoms with E-state index < -0.39 is 18.3 Å². The molecule has 7 heteroatoms. The summed E-state index contributed by atoms with van der Waals surface area (Å²) in [6.07, 6.45) is 5.62. The molecule has 160 valence electrons. The Kier molecular flexibility index (Phi) is 6.98. The summed E-state index contributed by atoms with van der Waals surface area (Å²) in [5, 5.41) is 22.1. The molecule has 0 atom stereocenters. The van der Waals surface area contributed by atoms with Crippen molar-refractivity contribution in [1.29, 1.82) is 0 Å². The molecule has 1 amide bonds. The van der Waals surface area contributed by atoms with E-state index in [1.807, 2.05) is 19.9 Å². The number of carbonyl (C=O) groups excluding carboxylic acids is 1. The molecule has 2 aromatic rings. The molecule has 1 fully saturated rings. The second-order valence-electron chi connectivity index (χ2n) is 8.00. The van der Waals surface area contributed by atoms with E-state index >= 15 is 0 Å². The number of carboxylic acids is 1. The second kappa shape index (κ2) is 9.47. The number of aryl methyl sites for hydroxylation is 1. The quantitative estimate of drug-likeness (QED) is 0.553. The van der Waals surface area contributed by atoms with Crippen molar-refractivity contribution >= 4 is 29.2 Å². The molecule has 1 aliphatic carbocycles. The number of nitrogens with zero attached hydrogens (tertiary/aromatic N) is 1. The number of carboxylic acid groups (broad SMARTS) is 1. The number of anilines is 1. The predicted molar refractivity (Wildman–Crippen MR) is 116 cm³/mol. The van der Waals surface area contributed by atoms with Crippen LogP contribution in [-0.2, 0) is 16.0 Å². The molecule has 1 aromatic heterocycles. The van der Waals surface area contributed by atoms with Crippen LogP contribution in [0, 0.1) is 13.8 Å². The van der Waals surface area contributed by atoms with Crippen LogP contribution in [0.3, 0.4) is 0 Å². The molecule has 6 nitrogen and oxygen atoms in total. The number of carbonyl (C=O) groups is 2. The number of amides is 1. The van der Waals surface area contributed by atoms with E-state index in [1.54, 1.807) is 12.1 Å². The summed E-state index contributed by atoms with van der Waals surface area (Å²) in [4.78, 5) is 27.3. The molecule has 30 heavy (non-hydrogen) atoms. The third kappa shape index (κ3) is 5.11. The average molecular weight is 431 g/mol. The summed E-state index contributed by atoms with van der Waals surface area (Å²) < 4.78 is 0. The maximum Gasteiger partial charge on any atom is 0.312 e. The Morgan fingerprint density at radius 1 is 1.20 bits per heavy atom. The molecule has 1 saturated carbocycles. The zero-order chi connectivity index (χ0) is 21.8. The van der Waals surface area contributed by atoms with Crippen molar-refractivity contribution in [2.75, 3.05) is 5.32 Å². The van der Waals surface area contributed by atoms with E-state index in [-0.39, 0.29) is 5.75 Å². The maximum absolute atomic E-state index is 11.8. The van der Waals surface area contributed by atoms with Crippen LogP contribution in [0.5, 0.6) is 5.75 Å². The number of halogens is 1. The monoisotopic (exact) mass is 430 g/mol. The first kappa shape index (κ1) is 22.1. The van der Waals surface area contributed by atoms with E-state index in [1.165, 1.54) is 19.3 Å². The Bertz CT molecular complexity index is 968. The molecule has 1 aromatic carbocycles. The number of nitrogens with one attached hydrogen (secondary N) is 1. The van der Waals surface area contributed by atoms with Crippen LogP contribution in [0.25, 0.3) is 0 Å². The topological polar surface area (TPSA) is 99.5 Å². The molecule has 0 bridgehead atoms. The van der Waals surface area contributed by atoms with Gasteiger partial charge in [0.05, 0.1) is 16.4 Å². The third-order valence-electron chi connectivity index (χ3n) is 5.75. The van der Waals surface area contributed by atoms with E-state index in [9.17, 15) is 14.7 Å². The first-order valence-corrected chi connectivity index (χ1v) is 10.6. The van der Waals surface area contributed by atoms with Crippen LogP contribution in [-0.4, -0.2) is 27.1 Å². The Hall–Kier alpha value is -2.60. The Morgan fingerprint density at radius 2 is 1.90 bits per heavy atom. The molecule has 1 aliphatic rings. The van der Waals surface area contributed by atoms with E-state index in [4.69, 9.17) is 21.7 Å². The molecule has 0 unspecified atom stereocenters. The Morgan fingerprint density at radius 3 is 2.57 bits per heavy atom. The number of aromatic nitrogens is 1. The predicted octanol–water partition coefficient (Wildman–Crippen LogP) is 5.11. The summed E-state index contributed by atoms with van der Waals surface area (Å²) in [6.45, 7) is 3.80. The maximum atomic E-state index is 11.8. The minimum absolute atomic E-state index is 0.258. The zero-order valence-electron chi connectivity index (χ0n) is 17.3. The van der Waals surface area contributed by atoms with Gasteiger partial charge in [0.25, 0.3) is 0 Å². The number of benzene rings is 1. The third-order valence-corrected chi connectivity index (χ3v) is 6.24. The molecular weight excluding hydrogens is 404 g/mol. The summed E-state index contributed by atoms with van der Waals surface area (Å²) in [6, 6.07) is 5.31. The summed E-state index contributed by atoms with van der Waals surface area (Å²) in [5.41, 5.74) is 4.80. The molecule has 0 saturated heterocycles. The van der Waals surface area contributed by atoms with Gasteiger partial charge in [0.2, 0.25) is 5.91 Å². The van der Waals surface area contributed by atoms with Crippen molar-refractivity contribution in [3.8, 4) is 5.75 Å². The number of hydrogen-bond acceptors (Lipinski definition) is 4. The molecular formula is C23H27ClN2O4. The lowest BCUT2D eigenvalue weighted by molar-refractivity contribution is -0.139. The lowest BCUT2D eigenvalue weighted by Crippen LogP contribution is -2.16. The number of aromatic hydroxyl groups is 1. The van der Waals surface area contributed by atoms with Crippen LogP contribution in [0.4, 0.5) is 5.69 Å². The van der Waals surface area contributed by atoms with Gasteiger partial charge < -0.3 is 15.5 Å². The largest absolute Gasteiger partial charge is 0.506 e. The normalized spacial score (nSPS) is 14.5. The van der Waals surface area contributed by atoms with Gasteiger partial charge in [-0.15, -0.1) is 0 Å². The molecule has 0 aliphatic heterocycles. The van der Waals surface area contributed by atoms with Gasteiger partial charge in [-0.1, -0.05) is 30.9 Å². The van der Waals surface area contributed by atoms with Crippen molar-refractivity contribution in [3.05, 3.63) is 51.3 Å². The van der Waals surface area contributed by atoms with Crippen molar-refractivity contribution in [2.24, 2.45) is 0 Å². The van der Waals surface area contributed by atoms with Crippen LogP contribution in [0.1, 0.15) is 72.5 Å². The highest BCUT2D eigenvalue weighted by Gasteiger charge is 2.21.